The maximum Gasteiger partial charge on any atom is 0.251 e. The van der Waals surface area contributed by atoms with Gasteiger partial charge in [0.05, 0.1) is 23.7 Å². The number of aromatic nitrogens is 3. The molecule has 4 rings (SSSR count). The van der Waals surface area contributed by atoms with Crippen LogP contribution in [-0.4, -0.2) is 33.8 Å². The topological polar surface area (TPSA) is 118 Å². The Morgan fingerprint density at radius 1 is 1.03 bits per heavy atom. The first-order valence-corrected chi connectivity index (χ1v) is 12.4. The van der Waals surface area contributed by atoms with E-state index < -0.39 is 10.0 Å². The molecule has 0 bridgehead atoms. The van der Waals surface area contributed by atoms with Gasteiger partial charge in [0.2, 0.25) is 21.8 Å². The number of sulfonamides is 1. The van der Waals surface area contributed by atoms with Gasteiger partial charge in [0.25, 0.3) is 5.91 Å². The van der Waals surface area contributed by atoms with Crippen molar-refractivity contribution in [3.63, 3.8) is 0 Å². The van der Waals surface area contributed by atoms with E-state index in [2.05, 4.69) is 26.4 Å². The van der Waals surface area contributed by atoms with E-state index >= 15 is 0 Å². The fraction of sp³-hybridized carbons (Fsp3) is 0.154. The second kappa shape index (κ2) is 10.9. The molecule has 0 fully saturated rings. The third-order valence-corrected chi connectivity index (χ3v) is 7.07. The molecular formula is C26H23N5O4S. The van der Waals surface area contributed by atoms with Crippen LogP contribution in [0.4, 0.5) is 0 Å². The SMILES string of the molecule is C#Cc1ccc(S(=O)(=O)N(Cc2ccc(C(=O)NCc3nnc(C)o3)cc2)Cc2ccccn2)cc1. The molecule has 1 amide bonds. The second-order valence-electron chi connectivity index (χ2n) is 7.86. The number of aryl methyl sites for hydroxylation is 1. The van der Waals surface area contributed by atoms with Crippen LogP contribution in [-0.2, 0) is 29.7 Å². The Hall–Kier alpha value is -4.33. The van der Waals surface area contributed by atoms with E-state index in [4.69, 9.17) is 10.8 Å². The quantitative estimate of drug-likeness (QED) is 0.350. The van der Waals surface area contributed by atoms with Crippen molar-refractivity contribution in [2.24, 2.45) is 0 Å². The van der Waals surface area contributed by atoms with E-state index in [9.17, 15) is 13.2 Å². The van der Waals surface area contributed by atoms with Crippen LogP contribution in [0.25, 0.3) is 0 Å². The number of pyridine rings is 1. The molecular weight excluding hydrogens is 478 g/mol. The van der Waals surface area contributed by atoms with Gasteiger partial charge >= 0.3 is 0 Å². The van der Waals surface area contributed by atoms with Gasteiger partial charge in [-0.2, -0.15) is 4.31 Å². The molecule has 9 nitrogen and oxygen atoms in total. The van der Waals surface area contributed by atoms with E-state index in [1.807, 2.05) is 0 Å². The number of hydrogen-bond donors (Lipinski definition) is 1. The zero-order valence-electron chi connectivity index (χ0n) is 19.5. The number of nitrogens with zero attached hydrogens (tertiary/aromatic N) is 4. The summed E-state index contributed by atoms with van der Waals surface area (Å²) in [5.41, 5.74) is 2.32. The van der Waals surface area contributed by atoms with Crippen LogP contribution in [0.2, 0.25) is 0 Å². The number of benzene rings is 2. The first-order valence-electron chi connectivity index (χ1n) is 11.0. The first kappa shape index (κ1) is 24.8. The first-order chi connectivity index (χ1) is 17.3. The van der Waals surface area contributed by atoms with Crippen molar-refractivity contribution in [1.82, 2.24) is 24.8 Å². The summed E-state index contributed by atoms with van der Waals surface area (Å²) in [4.78, 5) is 16.9. The molecule has 10 heteroatoms. The Bertz CT molecular complexity index is 1480. The van der Waals surface area contributed by atoms with Crippen LogP contribution in [0.5, 0.6) is 0 Å². The molecule has 0 spiro atoms. The normalized spacial score (nSPS) is 11.2. The van der Waals surface area contributed by atoms with Gasteiger partial charge in [-0.3, -0.25) is 9.78 Å². The predicted molar refractivity (Wildman–Crippen MR) is 132 cm³/mol. The maximum atomic E-state index is 13.5. The Morgan fingerprint density at radius 3 is 2.39 bits per heavy atom. The molecule has 182 valence electrons. The number of terminal acetylenes is 1. The Balaban J connectivity index is 1.52. The minimum atomic E-state index is -3.86. The molecule has 2 aromatic carbocycles. The molecule has 0 saturated carbocycles. The summed E-state index contributed by atoms with van der Waals surface area (Å²) in [6, 6.07) is 18.2. The smallest absolute Gasteiger partial charge is 0.251 e. The third-order valence-electron chi connectivity index (χ3n) is 5.27. The number of amides is 1. The van der Waals surface area contributed by atoms with Crippen LogP contribution < -0.4 is 5.32 Å². The molecule has 0 saturated heterocycles. The Morgan fingerprint density at radius 2 is 1.78 bits per heavy atom. The molecule has 0 aliphatic heterocycles. The fourth-order valence-electron chi connectivity index (χ4n) is 3.40. The van der Waals surface area contributed by atoms with Gasteiger partial charge in [0.1, 0.15) is 0 Å². The van der Waals surface area contributed by atoms with Gasteiger partial charge in [-0.15, -0.1) is 16.6 Å². The van der Waals surface area contributed by atoms with Crippen LogP contribution in [0.15, 0.2) is 82.2 Å². The lowest BCUT2D eigenvalue weighted by atomic mass is 10.1. The zero-order chi connectivity index (χ0) is 25.5. The number of nitrogens with one attached hydrogen (secondary N) is 1. The summed E-state index contributed by atoms with van der Waals surface area (Å²) in [6.45, 7) is 1.93. The molecule has 0 aliphatic carbocycles. The van der Waals surface area contributed by atoms with Crippen molar-refractivity contribution in [2.75, 3.05) is 0 Å². The van der Waals surface area contributed by atoms with Gasteiger partial charge in [-0.25, -0.2) is 8.42 Å². The summed E-state index contributed by atoms with van der Waals surface area (Å²) in [5, 5.41) is 10.3. The van der Waals surface area contributed by atoms with Gasteiger partial charge < -0.3 is 9.73 Å². The zero-order valence-corrected chi connectivity index (χ0v) is 20.3. The molecule has 1 N–H and O–H groups in total. The standard InChI is InChI=1S/C26H23N5O4S/c1-3-20-9-13-24(14-10-20)36(33,34)31(18-23-6-4-5-15-27-23)17-21-7-11-22(12-8-21)26(32)28-16-25-30-29-19(2)35-25/h1,4-15H,16-18H2,2H3,(H,28,32). The van der Waals surface area contributed by atoms with E-state index in [1.54, 1.807) is 67.7 Å². The lowest BCUT2D eigenvalue weighted by Gasteiger charge is -2.22. The fourth-order valence-corrected chi connectivity index (χ4v) is 4.80. The average molecular weight is 502 g/mol. The Kier molecular flexibility index (Phi) is 7.53. The lowest BCUT2D eigenvalue weighted by Crippen LogP contribution is -2.30. The van der Waals surface area contributed by atoms with Crippen molar-refractivity contribution in [2.45, 2.75) is 31.5 Å². The number of carbonyl (C=O) groups excluding carboxylic acids is 1. The molecule has 0 atom stereocenters. The van der Waals surface area contributed by atoms with Crippen LogP contribution in [0.1, 0.15) is 39.0 Å². The molecule has 0 unspecified atom stereocenters. The summed E-state index contributed by atoms with van der Waals surface area (Å²) >= 11 is 0. The minimum absolute atomic E-state index is 0.0753. The minimum Gasteiger partial charge on any atom is -0.424 e. The summed E-state index contributed by atoms with van der Waals surface area (Å²) in [7, 11) is -3.86. The highest BCUT2D eigenvalue weighted by atomic mass is 32.2. The molecule has 4 aromatic rings. The molecule has 36 heavy (non-hydrogen) atoms. The maximum absolute atomic E-state index is 13.5. The highest BCUT2D eigenvalue weighted by Gasteiger charge is 2.25. The van der Waals surface area contributed by atoms with Crippen molar-refractivity contribution >= 4 is 15.9 Å². The molecule has 0 radical (unpaired) electrons. The summed E-state index contributed by atoms with van der Waals surface area (Å²) < 4.78 is 33.6. The summed E-state index contributed by atoms with van der Waals surface area (Å²) in [5.74, 6) is 2.90. The summed E-state index contributed by atoms with van der Waals surface area (Å²) in [6.07, 6.45) is 7.01. The van der Waals surface area contributed by atoms with Crippen molar-refractivity contribution in [3.8, 4) is 12.3 Å². The largest absolute Gasteiger partial charge is 0.424 e. The van der Waals surface area contributed by atoms with Gasteiger partial charge in [-0.05, 0) is 54.1 Å². The monoisotopic (exact) mass is 501 g/mol. The van der Waals surface area contributed by atoms with Gasteiger partial charge in [0.15, 0.2) is 0 Å². The van der Waals surface area contributed by atoms with Crippen LogP contribution in [0, 0.1) is 19.3 Å². The number of hydrogen-bond acceptors (Lipinski definition) is 7. The molecule has 2 aromatic heterocycles. The highest BCUT2D eigenvalue weighted by Crippen LogP contribution is 2.21. The second-order valence-corrected chi connectivity index (χ2v) is 9.80. The Labute approximate surface area is 209 Å². The van der Waals surface area contributed by atoms with Crippen molar-refractivity contribution in [1.29, 1.82) is 0 Å². The molecule has 2 heterocycles. The van der Waals surface area contributed by atoms with E-state index in [0.29, 0.717) is 34.2 Å². The molecule has 0 aliphatic rings. The van der Waals surface area contributed by atoms with E-state index in [0.717, 1.165) is 0 Å². The average Bonchev–Trinajstić information content (AvgIpc) is 3.33. The van der Waals surface area contributed by atoms with Gasteiger partial charge in [0, 0.05) is 30.8 Å². The van der Waals surface area contributed by atoms with E-state index in [-0.39, 0.29) is 30.4 Å². The van der Waals surface area contributed by atoms with Crippen molar-refractivity contribution in [3.05, 3.63) is 107 Å². The van der Waals surface area contributed by atoms with Gasteiger partial charge in [-0.1, -0.05) is 24.1 Å². The van der Waals surface area contributed by atoms with Crippen molar-refractivity contribution < 1.29 is 17.6 Å². The van der Waals surface area contributed by atoms with E-state index in [1.165, 1.54) is 16.4 Å². The van der Waals surface area contributed by atoms with Crippen LogP contribution in [0.3, 0.4) is 0 Å². The third kappa shape index (κ3) is 6.02. The highest BCUT2D eigenvalue weighted by molar-refractivity contribution is 7.89. The predicted octanol–water partition coefficient (Wildman–Crippen LogP) is 3.08. The lowest BCUT2D eigenvalue weighted by molar-refractivity contribution is 0.0947. The number of carbonyl (C=O) groups is 1. The van der Waals surface area contributed by atoms with Crippen LogP contribution >= 0.6 is 0 Å². The number of rotatable bonds is 9.